The highest BCUT2D eigenvalue weighted by Gasteiger charge is 2.28. The Kier molecular flexibility index (Phi) is 7.12. The topological polar surface area (TPSA) is 58.4 Å². The Bertz CT molecular complexity index is 540. The summed E-state index contributed by atoms with van der Waals surface area (Å²) in [7, 11) is -1.95. The molecule has 6 nitrogen and oxygen atoms in total. The molecule has 0 spiro atoms. The first-order valence-corrected chi connectivity index (χ1v) is 9.09. The number of hydrogen-bond donors (Lipinski definition) is 0. The van der Waals surface area contributed by atoms with Gasteiger partial charge < -0.3 is 9.47 Å². The minimum Gasteiger partial charge on any atom is -0.324 e. The van der Waals surface area contributed by atoms with Crippen LogP contribution in [0.5, 0.6) is 0 Å². The molecule has 0 unspecified atom stereocenters. The first kappa shape index (κ1) is 18.4. The van der Waals surface area contributed by atoms with Gasteiger partial charge >= 0.3 is 0 Å². The molecule has 0 bridgehead atoms. The Morgan fingerprint density at radius 2 is 1.81 bits per heavy atom. The zero-order valence-corrected chi connectivity index (χ0v) is 14.8. The zero-order valence-electron chi connectivity index (χ0n) is 13.2. The second-order valence-corrected chi connectivity index (χ2v) is 7.04. The quantitative estimate of drug-likeness (QED) is 0.690. The Labute approximate surface area is 132 Å². The fourth-order valence-electron chi connectivity index (χ4n) is 2.15. The van der Waals surface area contributed by atoms with E-state index in [-0.39, 0.29) is 10.2 Å². The predicted octanol–water partition coefficient (Wildman–Crippen LogP) is 1.82. The van der Waals surface area contributed by atoms with Gasteiger partial charge in [0.2, 0.25) is 5.03 Å². The highest BCUT2D eigenvalue weighted by Crippen LogP contribution is 2.22. The molecular formula is C13H25ClN4O2S. The lowest BCUT2D eigenvalue weighted by Crippen LogP contribution is -2.34. The van der Waals surface area contributed by atoms with Crippen molar-refractivity contribution in [1.29, 1.82) is 0 Å². The monoisotopic (exact) mass is 336 g/mol. The maximum absolute atomic E-state index is 12.6. The van der Waals surface area contributed by atoms with Crippen LogP contribution < -0.4 is 0 Å². The van der Waals surface area contributed by atoms with Gasteiger partial charge in [-0.1, -0.05) is 32.4 Å². The summed E-state index contributed by atoms with van der Waals surface area (Å²) in [5.74, 6) is 0. The lowest BCUT2D eigenvalue weighted by molar-refractivity contribution is 0.285. The first-order valence-electron chi connectivity index (χ1n) is 7.27. The molecule has 1 rings (SSSR count). The summed E-state index contributed by atoms with van der Waals surface area (Å²) in [6.45, 7) is 9.75. The average Bonchev–Trinajstić information content (AvgIpc) is 2.79. The Balaban J connectivity index is 2.77. The molecule has 0 fully saturated rings. The maximum Gasteiger partial charge on any atom is 0.263 e. The summed E-state index contributed by atoms with van der Waals surface area (Å²) in [5.41, 5.74) is 0. The smallest absolute Gasteiger partial charge is 0.263 e. The molecule has 0 saturated carbocycles. The van der Waals surface area contributed by atoms with Crippen molar-refractivity contribution in [2.24, 2.45) is 7.05 Å². The van der Waals surface area contributed by atoms with Crippen LogP contribution >= 0.6 is 11.6 Å². The van der Waals surface area contributed by atoms with Crippen molar-refractivity contribution in [2.75, 3.05) is 32.7 Å². The van der Waals surface area contributed by atoms with E-state index < -0.39 is 10.0 Å². The molecule has 8 heteroatoms. The predicted molar refractivity (Wildman–Crippen MR) is 85.1 cm³/mol. The van der Waals surface area contributed by atoms with E-state index in [1.165, 1.54) is 15.2 Å². The van der Waals surface area contributed by atoms with E-state index in [9.17, 15) is 8.42 Å². The number of aromatic nitrogens is 2. The number of rotatable bonds is 9. The first-order chi connectivity index (χ1) is 9.88. The van der Waals surface area contributed by atoms with Gasteiger partial charge in [0, 0.05) is 20.1 Å². The molecule has 0 saturated heterocycles. The molecule has 0 aliphatic heterocycles. The summed E-state index contributed by atoms with van der Waals surface area (Å²) < 4.78 is 28.1. The normalized spacial score (nSPS) is 12.5. The SMILES string of the molecule is CCN(CC)CCCN(CC)S(=O)(=O)c1ncn(C)c1Cl. The van der Waals surface area contributed by atoms with Gasteiger partial charge in [-0.3, -0.25) is 0 Å². The number of hydrogen-bond acceptors (Lipinski definition) is 4. The van der Waals surface area contributed by atoms with Crippen LogP contribution in [-0.4, -0.2) is 59.9 Å². The van der Waals surface area contributed by atoms with Gasteiger partial charge in [-0.25, -0.2) is 13.4 Å². The molecular weight excluding hydrogens is 312 g/mol. The van der Waals surface area contributed by atoms with E-state index in [0.29, 0.717) is 13.1 Å². The van der Waals surface area contributed by atoms with Crippen molar-refractivity contribution in [2.45, 2.75) is 32.2 Å². The third kappa shape index (κ3) is 4.42. The number of halogens is 1. The molecule has 0 atom stereocenters. The van der Waals surface area contributed by atoms with Crippen LogP contribution in [0.3, 0.4) is 0 Å². The minimum atomic E-state index is -3.62. The Morgan fingerprint density at radius 3 is 2.24 bits per heavy atom. The fourth-order valence-corrected chi connectivity index (χ4v) is 4.02. The Morgan fingerprint density at radius 1 is 1.19 bits per heavy atom. The lowest BCUT2D eigenvalue weighted by atomic mass is 10.3. The fraction of sp³-hybridized carbons (Fsp3) is 0.769. The van der Waals surface area contributed by atoms with E-state index in [4.69, 9.17) is 11.6 Å². The maximum atomic E-state index is 12.6. The van der Waals surface area contributed by atoms with Crippen LogP contribution in [0.25, 0.3) is 0 Å². The van der Waals surface area contributed by atoms with Crippen LogP contribution in [0, 0.1) is 0 Å². The third-order valence-electron chi connectivity index (χ3n) is 3.55. The van der Waals surface area contributed by atoms with Crippen molar-refractivity contribution in [3.05, 3.63) is 11.5 Å². The zero-order chi connectivity index (χ0) is 16.0. The van der Waals surface area contributed by atoms with Gasteiger partial charge in [-0.05, 0) is 26.1 Å². The summed E-state index contributed by atoms with van der Waals surface area (Å²) in [6.07, 6.45) is 2.21. The van der Waals surface area contributed by atoms with E-state index in [0.717, 1.165) is 26.1 Å². The molecule has 1 aromatic rings. The average molecular weight is 337 g/mol. The lowest BCUT2D eigenvalue weighted by Gasteiger charge is -2.22. The van der Waals surface area contributed by atoms with Crippen molar-refractivity contribution < 1.29 is 8.42 Å². The molecule has 0 aliphatic carbocycles. The van der Waals surface area contributed by atoms with Crippen molar-refractivity contribution in [1.82, 2.24) is 18.8 Å². The van der Waals surface area contributed by atoms with Crippen molar-refractivity contribution in [3.8, 4) is 0 Å². The molecule has 0 aromatic carbocycles. The summed E-state index contributed by atoms with van der Waals surface area (Å²) >= 11 is 6.01. The van der Waals surface area contributed by atoms with Gasteiger partial charge in [0.1, 0.15) is 5.15 Å². The second-order valence-electron chi connectivity index (χ2n) is 4.83. The molecule has 0 amide bonds. The van der Waals surface area contributed by atoms with Crippen LogP contribution in [0.15, 0.2) is 11.4 Å². The highest BCUT2D eigenvalue weighted by molar-refractivity contribution is 7.89. The number of aryl methyl sites for hydroxylation is 1. The molecule has 1 aromatic heterocycles. The minimum absolute atomic E-state index is 0.0589. The van der Waals surface area contributed by atoms with Crippen LogP contribution in [-0.2, 0) is 17.1 Å². The van der Waals surface area contributed by atoms with Gasteiger partial charge in [0.15, 0.2) is 0 Å². The third-order valence-corrected chi connectivity index (χ3v) is 6.01. The molecule has 21 heavy (non-hydrogen) atoms. The van der Waals surface area contributed by atoms with Crippen molar-refractivity contribution >= 4 is 21.6 Å². The Hall–Kier alpha value is -0.630. The standard InChI is InChI=1S/C13H25ClN4O2S/c1-5-17(6-2)9-8-10-18(7-3)21(19,20)13-12(14)16(4)11-15-13/h11H,5-10H2,1-4H3. The summed E-state index contributed by atoms with van der Waals surface area (Å²) in [5, 5.41) is 0.0912. The molecule has 1 heterocycles. The number of imidazole rings is 1. The van der Waals surface area contributed by atoms with Crippen LogP contribution in [0.1, 0.15) is 27.2 Å². The molecule has 0 N–H and O–H groups in total. The van der Waals surface area contributed by atoms with E-state index in [1.807, 2.05) is 6.92 Å². The van der Waals surface area contributed by atoms with Gasteiger partial charge in [0.05, 0.1) is 6.33 Å². The second kappa shape index (κ2) is 8.12. The van der Waals surface area contributed by atoms with Crippen LogP contribution in [0.4, 0.5) is 0 Å². The van der Waals surface area contributed by atoms with Crippen LogP contribution in [0.2, 0.25) is 5.15 Å². The molecule has 0 radical (unpaired) electrons. The summed E-state index contributed by atoms with van der Waals surface area (Å²) in [6, 6.07) is 0. The van der Waals surface area contributed by atoms with E-state index in [2.05, 4.69) is 23.7 Å². The van der Waals surface area contributed by atoms with Gasteiger partial charge in [-0.15, -0.1) is 0 Å². The van der Waals surface area contributed by atoms with Gasteiger partial charge in [0.25, 0.3) is 10.0 Å². The molecule has 0 aliphatic rings. The van der Waals surface area contributed by atoms with E-state index >= 15 is 0 Å². The number of sulfonamides is 1. The highest BCUT2D eigenvalue weighted by atomic mass is 35.5. The largest absolute Gasteiger partial charge is 0.324 e. The van der Waals surface area contributed by atoms with E-state index in [1.54, 1.807) is 7.05 Å². The van der Waals surface area contributed by atoms with Gasteiger partial charge in [-0.2, -0.15) is 4.31 Å². The summed E-state index contributed by atoms with van der Waals surface area (Å²) in [4.78, 5) is 6.19. The molecule has 122 valence electrons. The number of nitrogens with zero attached hydrogens (tertiary/aromatic N) is 4. The van der Waals surface area contributed by atoms with Crippen molar-refractivity contribution in [3.63, 3.8) is 0 Å².